The van der Waals surface area contributed by atoms with Crippen molar-refractivity contribution >= 4 is 35.0 Å². The Kier molecular flexibility index (Phi) is 6.65. The largest absolute Gasteiger partial charge is 0.383 e. The molecule has 0 aliphatic heterocycles. The Morgan fingerprint density at radius 3 is 2.88 bits per heavy atom. The number of nitrogens with one attached hydrogen (secondary N) is 1. The van der Waals surface area contributed by atoms with E-state index in [1.165, 1.54) is 30.0 Å². The van der Waals surface area contributed by atoms with E-state index in [9.17, 15) is 9.18 Å². The summed E-state index contributed by atoms with van der Waals surface area (Å²) in [5.41, 5.74) is 2.45. The summed E-state index contributed by atoms with van der Waals surface area (Å²) in [5, 5.41) is 3.44. The number of hydrogen-bond donors (Lipinski definition) is 1. The summed E-state index contributed by atoms with van der Waals surface area (Å²) in [7, 11) is 1.65. The predicted octanol–water partition coefficient (Wildman–Crippen LogP) is 3.67. The van der Waals surface area contributed by atoms with Gasteiger partial charge in [-0.2, -0.15) is 0 Å². The number of aromatic nitrogens is 2. The number of carbonyl (C=O) groups excluding carboxylic acids is 1. The molecule has 8 heteroatoms. The lowest BCUT2D eigenvalue weighted by atomic mass is 10.3. The van der Waals surface area contributed by atoms with Crippen molar-refractivity contribution in [1.29, 1.82) is 0 Å². The number of amides is 1. The Hall–Kier alpha value is -1.57. The van der Waals surface area contributed by atoms with Crippen molar-refractivity contribution < 1.29 is 13.9 Å². The molecule has 1 aromatic carbocycles. The second kappa shape index (κ2) is 8.50. The van der Waals surface area contributed by atoms with Gasteiger partial charge in [-0.3, -0.25) is 4.79 Å². The standard InChI is InChI=1S/C16H19ClFN3O2S/c1-10-11(2)21(6-7-23-3)16(19-10)24-9-15(22)20-12-4-5-14(18)13(17)8-12/h4-5,8H,6-7,9H2,1-3H3,(H,20,22). The Morgan fingerprint density at radius 1 is 1.46 bits per heavy atom. The maximum Gasteiger partial charge on any atom is 0.234 e. The summed E-state index contributed by atoms with van der Waals surface area (Å²) in [6.07, 6.45) is 0. The Bertz CT molecular complexity index is 736. The van der Waals surface area contributed by atoms with E-state index in [1.807, 2.05) is 18.4 Å². The van der Waals surface area contributed by atoms with Gasteiger partial charge in [0.1, 0.15) is 5.82 Å². The minimum absolute atomic E-state index is 0.0261. The molecule has 1 heterocycles. The minimum atomic E-state index is -0.518. The minimum Gasteiger partial charge on any atom is -0.383 e. The number of rotatable bonds is 7. The van der Waals surface area contributed by atoms with Crippen LogP contribution in [0.15, 0.2) is 23.4 Å². The fourth-order valence-corrected chi connectivity index (χ4v) is 3.18. The van der Waals surface area contributed by atoms with Gasteiger partial charge in [-0.15, -0.1) is 0 Å². The van der Waals surface area contributed by atoms with Crippen LogP contribution in [0.5, 0.6) is 0 Å². The number of carbonyl (C=O) groups is 1. The van der Waals surface area contributed by atoms with E-state index in [-0.39, 0.29) is 16.7 Å². The molecule has 24 heavy (non-hydrogen) atoms. The van der Waals surface area contributed by atoms with Crippen LogP contribution >= 0.6 is 23.4 Å². The highest BCUT2D eigenvalue weighted by Gasteiger charge is 2.13. The van der Waals surface area contributed by atoms with E-state index in [0.29, 0.717) is 18.8 Å². The molecule has 5 nitrogen and oxygen atoms in total. The van der Waals surface area contributed by atoms with Gasteiger partial charge in [-0.05, 0) is 32.0 Å². The summed E-state index contributed by atoms with van der Waals surface area (Å²) < 4.78 is 20.3. The molecule has 0 saturated carbocycles. The summed E-state index contributed by atoms with van der Waals surface area (Å²) in [5.74, 6) is -0.535. The molecule has 0 aliphatic rings. The number of nitrogens with zero attached hydrogens (tertiary/aromatic N) is 2. The number of imidazole rings is 1. The van der Waals surface area contributed by atoms with E-state index >= 15 is 0 Å². The second-order valence-electron chi connectivity index (χ2n) is 5.18. The van der Waals surface area contributed by atoms with Gasteiger partial charge >= 0.3 is 0 Å². The smallest absolute Gasteiger partial charge is 0.234 e. The highest BCUT2D eigenvalue weighted by Crippen LogP contribution is 2.22. The van der Waals surface area contributed by atoms with Crippen LogP contribution in [0.2, 0.25) is 5.02 Å². The van der Waals surface area contributed by atoms with E-state index in [2.05, 4.69) is 10.3 Å². The van der Waals surface area contributed by atoms with Crippen molar-refractivity contribution in [3.8, 4) is 0 Å². The van der Waals surface area contributed by atoms with Gasteiger partial charge < -0.3 is 14.6 Å². The SMILES string of the molecule is COCCn1c(SCC(=O)Nc2ccc(F)c(Cl)c2)nc(C)c1C. The lowest BCUT2D eigenvalue weighted by Gasteiger charge is -2.09. The summed E-state index contributed by atoms with van der Waals surface area (Å²) >= 11 is 7.05. The molecular formula is C16H19ClFN3O2S. The number of halogens is 2. The van der Waals surface area contributed by atoms with Gasteiger partial charge in [-0.25, -0.2) is 9.37 Å². The monoisotopic (exact) mass is 371 g/mol. The van der Waals surface area contributed by atoms with Gasteiger partial charge in [-0.1, -0.05) is 23.4 Å². The van der Waals surface area contributed by atoms with Crippen molar-refractivity contribution in [2.45, 2.75) is 25.5 Å². The van der Waals surface area contributed by atoms with Crippen molar-refractivity contribution in [2.75, 3.05) is 24.8 Å². The molecule has 1 aromatic heterocycles. The van der Waals surface area contributed by atoms with Crippen LogP contribution in [0.3, 0.4) is 0 Å². The van der Waals surface area contributed by atoms with Gasteiger partial charge in [0.05, 0.1) is 23.1 Å². The van der Waals surface area contributed by atoms with Crippen LogP contribution < -0.4 is 5.32 Å². The van der Waals surface area contributed by atoms with Gasteiger partial charge in [0.25, 0.3) is 0 Å². The molecule has 2 aromatic rings. The molecular weight excluding hydrogens is 353 g/mol. The lowest BCUT2D eigenvalue weighted by molar-refractivity contribution is -0.113. The number of thioether (sulfide) groups is 1. The Morgan fingerprint density at radius 2 is 2.21 bits per heavy atom. The molecule has 2 rings (SSSR count). The molecule has 0 radical (unpaired) electrons. The van der Waals surface area contributed by atoms with Crippen LogP contribution in [0.25, 0.3) is 0 Å². The first-order valence-electron chi connectivity index (χ1n) is 7.32. The van der Waals surface area contributed by atoms with E-state index < -0.39 is 5.82 Å². The maximum absolute atomic E-state index is 13.1. The molecule has 0 fully saturated rings. The predicted molar refractivity (Wildman–Crippen MR) is 94.3 cm³/mol. The molecule has 0 aliphatic carbocycles. The zero-order valence-electron chi connectivity index (χ0n) is 13.7. The third-order valence-corrected chi connectivity index (χ3v) is 4.74. The Balaban J connectivity index is 1.98. The number of benzene rings is 1. The third kappa shape index (κ3) is 4.72. The number of aryl methyl sites for hydroxylation is 1. The molecule has 0 unspecified atom stereocenters. The average molecular weight is 372 g/mol. The van der Waals surface area contributed by atoms with E-state index in [0.717, 1.165) is 16.5 Å². The topological polar surface area (TPSA) is 56.1 Å². The van der Waals surface area contributed by atoms with Crippen LogP contribution in [-0.4, -0.2) is 34.9 Å². The third-order valence-electron chi connectivity index (χ3n) is 3.48. The van der Waals surface area contributed by atoms with E-state index in [1.54, 1.807) is 7.11 Å². The molecule has 130 valence electrons. The second-order valence-corrected chi connectivity index (χ2v) is 6.53. The average Bonchev–Trinajstić information content (AvgIpc) is 2.81. The van der Waals surface area contributed by atoms with Crippen molar-refractivity contribution in [3.05, 3.63) is 40.4 Å². The van der Waals surface area contributed by atoms with Crippen molar-refractivity contribution in [2.24, 2.45) is 0 Å². The van der Waals surface area contributed by atoms with Crippen molar-refractivity contribution in [3.63, 3.8) is 0 Å². The highest BCUT2D eigenvalue weighted by atomic mass is 35.5. The molecule has 0 spiro atoms. The lowest BCUT2D eigenvalue weighted by Crippen LogP contribution is -2.15. The molecule has 0 atom stereocenters. The quantitative estimate of drug-likeness (QED) is 0.754. The van der Waals surface area contributed by atoms with E-state index in [4.69, 9.17) is 16.3 Å². The molecule has 1 amide bonds. The zero-order chi connectivity index (χ0) is 17.7. The highest BCUT2D eigenvalue weighted by molar-refractivity contribution is 7.99. The summed E-state index contributed by atoms with van der Waals surface area (Å²) in [6.45, 7) is 5.18. The number of methoxy groups -OCH3 is 1. The van der Waals surface area contributed by atoms with Crippen LogP contribution in [0.4, 0.5) is 10.1 Å². The Labute approximate surface area is 149 Å². The van der Waals surface area contributed by atoms with Gasteiger partial charge in [0.15, 0.2) is 5.16 Å². The van der Waals surface area contributed by atoms with Gasteiger partial charge in [0, 0.05) is 25.0 Å². The van der Waals surface area contributed by atoms with Gasteiger partial charge in [0.2, 0.25) is 5.91 Å². The fourth-order valence-electron chi connectivity index (χ4n) is 2.08. The maximum atomic E-state index is 13.1. The summed E-state index contributed by atoms with van der Waals surface area (Å²) in [4.78, 5) is 16.6. The number of ether oxygens (including phenoxy) is 1. The summed E-state index contributed by atoms with van der Waals surface area (Å²) in [6, 6.07) is 4.07. The first-order valence-corrected chi connectivity index (χ1v) is 8.69. The fraction of sp³-hybridized carbons (Fsp3) is 0.375. The van der Waals surface area contributed by atoms with Crippen LogP contribution in [0, 0.1) is 19.7 Å². The number of anilines is 1. The van der Waals surface area contributed by atoms with Crippen LogP contribution in [0.1, 0.15) is 11.4 Å². The number of hydrogen-bond acceptors (Lipinski definition) is 4. The first kappa shape index (κ1) is 18.8. The zero-order valence-corrected chi connectivity index (χ0v) is 15.3. The van der Waals surface area contributed by atoms with Crippen LogP contribution in [-0.2, 0) is 16.1 Å². The first-order chi connectivity index (χ1) is 11.4. The van der Waals surface area contributed by atoms with Crippen molar-refractivity contribution in [1.82, 2.24) is 9.55 Å². The molecule has 1 N–H and O–H groups in total. The molecule has 0 saturated heterocycles. The normalized spacial score (nSPS) is 10.9. The molecule has 0 bridgehead atoms.